The molecule has 0 spiro atoms. The predicted octanol–water partition coefficient (Wildman–Crippen LogP) is 3.25. The molecule has 0 saturated heterocycles. The number of pyridine rings is 1. The first kappa shape index (κ1) is 15.0. The molecule has 2 heterocycles. The highest BCUT2D eigenvalue weighted by molar-refractivity contribution is 7.99. The number of ether oxygens (including phenoxy) is 1. The number of hydrogen-bond donors (Lipinski definition) is 1. The van der Waals surface area contributed by atoms with Crippen molar-refractivity contribution in [2.24, 2.45) is 0 Å². The van der Waals surface area contributed by atoms with Crippen molar-refractivity contribution in [2.75, 3.05) is 19.0 Å². The van der Waals surface area contributed by atoms with E-state index >= 15 is 0 Å². The van der Waals surface area contributed by atoms with Crippen LogP contribution in [-0.2, 0) is 11.3 Å². The van der Waals surface area contributed by atoms with Crippen molar-refractivity contribution in [2.45, 2.75) is 23.6 Å². The minimum Gasteiger partial charge on any atom is -0.374 e. The molecule has 5 nitrogen and oxygen atoms in total. The number of anilines is 1. The van der Waals surface area contributed by atoms with E-state index < -0.39 is 0 Å². The van der Waals surface area contributed by atoms with Gasteiger partial charge in [-0.1, -0.05) is 11.6 Å². The standard InChI is InChI=1S/C13H15ClN4OS/c1-3-19-8-11-17-10(15-2)7-12(18-11)20-13-9(14)5-4-6-16-13/h4-7H,3,8H2,1-2H3,(H,15,17,18). The van der Waals surface area contributed by atoms with E-state index in [9.17, 15) is 0 Å². The summed E-state index contributed by atoms with van der Waals surface area (Å²) in [5, 5.41) is 5.11. The van der Waals surface area contributed by atoms with Crippen LogP contribution in [0.5, 0.6) is 0 Å². The van der Waals surface area contributed by atoms with Gasteiger partial charge in [0.1, 0.15) is 22.5 Å². The van der Waals surface area contributed by atoms with E-state index in [0.29, 0.717) is 24.1 Å². The molecule has 1 N–H and O–H groups in total. The quantitative estimate of drug-likeness (QED) is 0.826. The summed E-state index contributed by atoms with van der Waals surface area (Å²) < 4.78 is 5.34. The zero-order valence-electron chi connectivity index (χ0n) is 11.3. The normalized spacial score (nSPS) is 10.6. The van der Waals surface area contributed by atoms with Crippen LogP contribution in [0.3, 0.4) is 0 Å². The fraction of sp³-hybridized carbons (Fsp3) is 0.308. The highest BCUT2D eigenvalue weighted by atomic mass is 35.5. The summed E-state index contributed by atoms with van der Waals surface area (Å²) in [6.45, 7) is 2.95. The summed E-state index contributed by atoms with van der Waals surface area (Å²) in [7, 11) is 1.81. The molecule has 0 radical (unpaired) electrons. The van der Waals surface area contributed by atoms with Crippen LogP contribution in [0.15, 0.2) is 34.4 Å². The second kappa shape index (κ2) is 7.42. The molecule has 0 unspecified atom stereocenters. The first-order valence-corrected chi connectivity index (χ1v) is 7.34. The van der Waals surface area contributed by atoms with E-state index in [0.717, 1.165) is 15.9 Å². The zero-order chi connectivity index (χ0) is 14.4. The number of aromatic nitrogens is 3. The first-order valence-electron chi connectivity index (χ1n) is 6.14. The van der Waals surface area contributed by atoms with E-state index in [1.807, 2.05) is 20.0 Å². The van der Waals surface area contributed by atoms with Crippen molar-refractivity contribution in [1.29, 1.82) is 0 Å². The Labute approximate surface area is 127 Å². The molecule has 0 aliphatic rings. The smallest absolute Gasteiger partial charge is 0.157 e. The Hall–Kier alpha value is -1.37. The van der Waals surface area contributed by atoms with E-state index in [-0.39, 0.29) is 0 Å². The third kappa shape index (κ3) is 4.06. The first-order chi connectivity index (χ1) is 9.72. The van der Waals surface area contributed by atoms with Gasteiger partial charge >= 0.3 is 0 Å². The molecule has 2 aromatic heterocycles. The van der Waals surface area contributed by atoms with Crippen LogP contribution in [0.2, 0.25) is 5.02 Å². The van der Waals surface area contributed by atoms with Crippen LogP contribution >= 0.6 is 23.4 Å². The average Bonchev–Trinajstić information content (AvgIpc) is 2.47. The lowest BCUT2D eigenvalue weighted by Gasteiger charge is -2.08. The van der Waals surface area contributed by atoms with Gasteiger partial charge in [0.25, 0.3) is 0 Å². The van der Waals surface area contributed by atoms with E-state index in [4.69, 9.17) is 16.3 Å². The van der Waals surface area contributed by atoms with Crippen LogP contribution in [0, 0.1) is 0 Å². The van der Waals surface area contributed by atoms with Gasteiger partial charge in [-0.25, -0.2) is 15.0 Å². The second-order valence-corrected chi connectivity index (χ2v) is 5.20. The van der Waals surface area contributed by atoms with Gasteiger partial charge < -0.3 is 10.1 Å². The molecule has 0 amide bonds. The third-order valence-corrected chi connectivity index (χ3v) is 3.72. The third-order valence-electron chi connectivity index (χ3n) is 2.37. The molecule has 0 aromatic carbocycles. The molecule has 0 bridgehead atoms. The van der Waals surface area contributed by atoms with Gasteiger partial charge in [0.05, 0.1) is 5.02 Å². The molecule has 0 aliphatic carbocycles. The Morgan fingerprint density at radius 2 is 2.25 bits per heavy atom. The fourth-order valence-corrected chi connectivity index (χ4v) is 2.49. The lowest BCUT2D eigenvalue weighted by Crippen LogP contribution is -2.03. The average molecular weight is 311 g/mol. The zero-order valence-corrected chi connectivity index (χ0v) is 12.8. The molecule has 0 saturated carbocycles. The molecule has 7 heteroatoms. The second-order valence-electron chi connectivity index (χ2n) is 3.79. The van der Waals surface area contributed by atoms with E-state index in [2.05, 4.69) is 20.3 Å². The predicted molar refractivity (Wildman–Crippen MR) is 80.3 cm³/mol. The van der Waals surface area contributed by atoms with E-state index in [1.165, 1.54) is 11.8 Å². The molecule has 2 rings (SSSR count). The summed E-state index contributed by atoms with van der Waals surface area (Å²) in [5.41, 5.74) is 0. The number of nitrogens with one attached hydrogen (secondary N) is 1. The maximum Gasteiger partial charge on any atom is 0.157 e. The molecule has 0 aliphatic heterocycles. The Morgan fingerprint density at radius 1 is 1.40 bits per heavy atom. The maximum atomic E-state index is 6.10. The van der Waals surface area contributed by atoms with Crippen molar-refractivity contribution in [3.8, 4) is 0 Å². The summed E-state index contributed by atoms with van der Waals surface area (Å²) in [5.74, 6) is 1.37. The summed E-state index contributed by atoms with van der Waals surface area (Å²) in [6.07, 6.45) is 1.70. The Kier molecular flexibility index (Phi) is 5.58. The van der Waals surface area contributed by atoms with Crippen molar-refractivity contribution in [3.05, 3.63) is 35.2 Å². The van der Waals surface area contributed by atoms with Crippen molar-refractivity contribution in [3.63, 3.8) is 0 Å². The molecular weight excluding hydrogens is 296 g/mol. The van der Waals surface area contributed by atoms with Crippen molar-refractivity contribution >= 4 is 29.2 Å². The maximum absolute atomic E-state index is 6.10. The molecule has 0 fully saturated rings. The van der Waals surface area contributed by atoms with Crippen molar-refractivity contribution in [1.82, 2.24) is 15.0 Å². The Balaban J connectivity index is 2.24. The summed E-state index contributed by atoms with van der Waals surface area (Å²) in [6, 6.07) is 5.45. The van der Waals surface area contributed by atoms with Crippen LogP contribution < -0.4 is 5.32 Å². The molecule has 106 valence electrons. The fourth-order valence-electron chi connectivity index (χ4n) is 1.46. The number of nitrogens with zero attached hydrogens (tertiary/aromatic N) is 3. The SMILES string of the molecule is CCOCc1nc(NC)cc(Sc2ncccc2Cl)n1. The van der Waals surface area contributed by atoms with Gasteiger partial charge in [0.15, 0.2) is 5.82 Å². The van der Waals surface area contributed by atoms with Crippen LogP contribution in [0.4, 0.5) is 5.82 Å². The monoisotopic (exact) mass is 310 g/mol. The molecule has 20 heavy (non-hydrogen) atoms. The van der Waals surface area contributed by atoms with Gasteiger partial charge in [-0.2, -0.15) is 0 Å². The van der Waals surface area contributed by atoms with Gasteiger partial charge in [-0.3, -0.25) is 0 Å². The number of rotatable bonds is 6. The van der Waals surface area contributed by atoms with Gasteiger partial charge in [0, 0.05) is 25.9 Å². The minimum absolute atomic E-state index is 0.384. The molecule has 0 atom stereocenters. The van der Waals surface area contributed by atoms with Crippen LogP contribution in [0.25, 0.3) is 0 Å². The van der Waals surface area contributed by atoms with Gasteiger partial charge in [-0.05, 0) is 30.8 Å². The Bertz CT molecular complexity index is 582. The number of hydrogen-bond acceptors (Lipinski definition) is 6. The van der Waals surface area contributed by atoms with E-state index in [1.54, 1.807) is 18.3 Å². The van der Waals surface area contributed by atoms with Crippen molar-refractivity contribution < 1.29 is 4.74 Å². The highest BCUT2D eigenvalue weighted by Crippen LogP contribution is 2.30. The summed E-state index contributed by atoms with van der Waals surface area (Å²) in [4.78, 5) is 13.0. The highest BCUT2D eigenvalue weighted by Gasteiger charge is 2.09. The number of halogens is 1. The van der Waals surface area contributed by atoms with Gasteiger partial charge in [0.2, 0.25) is 0 Å². The molecule has 2 aromatic rings. The summed E-state index contributed by atoms with van der Waals surface area (Å²) >= 11 is 7.51. The largest absolute Gasteiger partial charge is 0.374 e. The topological polar surface area (TPSA) is 59.9 Å². The van der Waals surface area contributed by atoms with Crippen LogP contribution in [-0.4, -0.2) is 28.6 Å². The lowest BCUT2D eigenvalue weighted by molar-refractivity contribution is 0.128. The molecular formula is C13H15ClN4OS. The van der Waals surface area contributed by atoms with Crippen LogP contribution in [0.1, 0.15) is 12.7 Å². The minimum atomic E-state index is 0.384. The van der Waals surface area contributed by atoms with Gasteiger partial charge in [-0.15, -0.1) is 0 Å². The Morgan fingerprint density at radius 3 is 2.95 bits per heavy atom. The lowest BCUT2D eigenvalue weighted by atomic mass is 10.5.